The van der Waals surface area contributed by atoms with Gasteiger partial charge in [-0.15, -0.1) is 6.42 Å². The maximum atomic E-state index is 11.2. The molecule has 0 saturated heterocycles. The fraction of sp³-hybridized carbons (Fsp3) is 0.600. The van der Waals surface area contributed by atoms with Crippen LogP contribution in [0.25, 0.3) is 0 Å². The van der Waals surface area contributed by atoms with Gasteiger partial charge in [-0.05, 0) is 0 Å². The minimum Gasteiger partial charge on any atom is -0.469 e. The van der Waals surface area contributed by atoms with Crippen molar-refractivity contribution in [1.82, 2.24) is 4.90 Å². The van der Waals surface area contributed by atoms with Crippen molar-refractivity contribution in [2.75, 3.05) is 20.7 Å². The molecule has 0 aromatic carbocycles. The van der Waals surface area contributed by atoms with Gasteiger partial charge in [0.15, 0.2) is 0 Å². The standard InChI is InChI=1S/C10H15NO3/c1-5-6-9(12)11(3)7-8(2)10(13)14-4/h1,8H,6-7H2,2-4H3. The zero-order valence-corrected chi connectivity index (χ0v) is 8.74. The highest BCUT2D eigenvalue weighted by Gasteiger charge is 2.17. The van der Waals surface area contributed by atoms with E-state index in [0.29, 0.717) is 6.54 Å². The number of terminal acetylenes is 1. The summed E-state index contributed by atoms with van der Waals surface area (Å²) in [4.78, 5) is 23.7. The highest BCUT2D eigenvalue weighted by molar-refractivity contribution is 5.79. The Morgan fingerprint density at radius 3 is 2.57 bits per heavy atom. The molecule has 0 aromatic rings. The smallest absolute Gasteiger partial charge is 0.310 e. The number of rotatable bonds is 4. The zero-order valence-electron chi connectivity index (χ0n) is 8.74. The molecule has 0 saturated carbocycles. The maximum Gasteiger partial charge on any atom is 0.310 e. The van der Waals surface area contributed by atoms with Crippen LogP contribution in [0.2, 0.25) is 0 Å². The van der Waals surface area contributed by atoms with E-state index in [-0.39, 0.29) is 24.2 Å². The number of carbonyl (C=O) groups excluding carboxylic acids is 2. The van der Waals surface area contributed by atoms with Crippen LogP contribution >= 0.6 is 0 Å². The first-order chi connectivity index (χ1) is 6.52. The Hall–Kier alpha value is -1.50. The van der Waals surface area contributed by atoms with Gasteiger partial charge in [0, 0.05) is 13.6 Å². The summed E-state index contributed by atoms with van der Waals surface area (Å²) in [6, 6.07) is 0. The summed E-state index contributed by atoms with van der Waals surface area (Å²) in [6.45, 7) is 2.03. The van der Waals surface area contributed by atoms with Gasteiger partial charge in [-0.1, -0.05) is 12.8 Å². The first-order valence-electron chi connectivity index (χ1n) is 4.28. The molecule has 1 unspecified atom stereocenters. The molecule has 4 heteroatoms. The largest absolute Gasteiger partial charge is 0.469 e. The van der Waals surface area contributed by atoms with Gasteiger partial charge < -0.3 is 9.64 Å². The van der Waals surface area contributed by atoms with Crippen molar-refractivity contribution in [3.63, 3.8) is 0 Å². The van der Waals surface area contributed by atoms with Crippen LogP contribution in [-0.2, 0) is 14.3 Å². The summed E-state index contributed by atoms with van der Waals surface area (Å²) in [5, 5.41) is 0. The van der Waals surface area contributed by atoms with Gasteiger partial charge in [-0.2, -0.15) is 0 Å². The van der Waals surface area contributed by atoms with E-state index in [9.17, 15) is 9.59 Å². The Morgan fingerprint density at radius 2 is 2.14 bits per heavy atom. The molecule has 0 heterocycles. The van der Waals surface area contributed by atoms with Crippen molar-refractivity contribution in [3.8, 4) is 12.3 Å². The van der Waals surface area contributed by atoms with Crippen LogP contribution in [0.4, 0.5) is 0 Å². The average molecular weight is 197 g/mol. The Balaban J connectivity index is 4.06. The third-order valence-corrected chi connectivity index (χ3v) is 1.83. The van der Waals surface area contributed by atoms with Crippen LogP contribution in [0.5, 0.6) is 0 Å². The Labute approximate surface area is 84.2 Å². The number of ether oxygens (including phenoxy) is 1. The molecule has 0 aromatic heterocycles. The van der Waals surface area contributed by atoms with E-state index in [1.807, 2.05) is 0 Å². The molecule has 4 nitrogen and oxygen atoms in total. The molecule has 1 atom stereocenters. The molecule has 0 spiro atoms. The molecule has 1 amide bonds. The Bertz CT molecular complexity index is 255. The molecule has 0 radical (unpaired) electrons. The van der Waals surface area contributed by atoms with Gasteiger partial charge in [-0.3, -0.25) is 9.59 Å². The lowest BCUT2D eigenvalue weighted by Crippen LogP contribution is -2.33. The molecule has 0 aliphatic rings. The van der Waals surface area contributed by atoms with Crippen LogP contribution < -0.4 is 0 Å². The highest BCUT2D eigenvalue weighted by Crippen LogP contribution is 2.01. The third-order valence-electron chi connectivity index (χ3n) is 1.83. The van der Waals surface area contributed by atoms with Gasteiger partial charge in [0.1, 0.15) is 0 Å². The number of hydrogen-bond donors (Lipinski definition) is 0. The van der Waals surface area contributed by atoms with Crippen molar-refractivity contribution in [1.29, 1.82) is 0 Å². The van der Waals surface area contributed by atoms with E-state index in [4.69, 9.17) is 6.42 Å². The minimum atomic E-state index is -0.328. The van der Waals surface area contributed by atoms with Crippen molar-refractivity contribution in [2.45, 2.75) is 13.3 Å². The number of amides is 1. The normalized spacial score (nSPS) is 11.3. The average Bonchev–Trinajstić information content (AvgIpc) is 2.16. The summed E-state index contributed by atoms with van der Waals surface area (Å²) >= 11 is 0. The van der Waals surface area contributed by atoms with E-state index < -0.39 is 0 Å². The molecular weight excluding hydrogens is 182 g/mol. The molecule has 0 bridgehead atoms. The second kappa shape index (κ2) is 6.03. The summed E-state index contributed by atoms with van der Waals surface area (Å²) in [7, 11) is 2.93. The number of carbonyl (C=O) groups is 2. The lowest BCUT2D eigenvalue weighted by molar-refractivity contribution is -0.146. The molecule has 0 fully saturated rings. The van der Waals surface area contributed by atoms with E-state index in [2.05, 4.69) is 10.7 Å². The van der Waals surface area contributed by atoms with Crippen molar-refractivity contribution < 1.29 is 14.3 Å². The topological polar surface area (TPSA) is 46.6 Å². The van der Waals surface area contributed by atoms with Crippen molar-refractivity contribution in [2.24, 2.45) is 5.92 Å². The second-order valence-electron chi connectivity index (χ2n) is 3.08. The number of esters is 1. The molecule has 14 heavy (non-hydrogen) atoms. The van der Waals surface area contributed by atoms with E-state index in [0.717, 1.165) is 0 Å². The van der Waals surface area contributed by atoms with Gasteiger partial charge in [-0.25, -0.2) is 0 Å². The summed E-state index contributed by atoms with van der Waals surface area (Å²) in [6.07, 6.45) is 5.05. The molecule has 0 rings (SSSR count). The van der Waals surface area contributed by atoms with Crippen LogP contribution in [0.1, 0.15) is 13.3 Å². The molecule has 0 aliphatic heterocycles. The van der Waals surface area contributed by atoms with Crippen LogP contribution in [0.3, 0.4) is 0 Å². The van der Waals surface area contributed by atoms with Gasteiger partial charge in [0.2, 0.25) is 5.91 Å². The lowest BCUT2D eigenvalue weighted by atomic mass is 10.1. The quantitative estimate of drug-likeness (QED) is 0.480. The second-order valence-corrected chi connectivity index (χ2v) is 3.08. The number of nitrogens with zero attached hydrogens (tertiary/aromatic N) is 1. The minimum absolute atomic E-state index is 0.0599. The Morgan fingerprint density at radius 1 is 1.57 bits per heavy atom. The highest BCUT2D eigenvalue weighted by atomic mass is 16.5. The predicted octanol–water partition coefficient (Wildman–Crippen LogP) is 0.277. The monoisotopic (exact) mass is 197 g/mol. The number of methoxy groups -OCH3 is 1. The molecule has 0 N–H and O–H groups in total. The number of hydrogen-bond acceptors (Lipinski definition) is 3. The molecule has 78 valence electrons. The first-order valence-corrected chi connectivity index (χ1v) is 4.28. The van der Waals surface area contributed by atoms with Crippen molar-refractivity contribution in [3.05, 3.63) is 0 Å². The zero-order chi connectivity index (χ0) is 11.1. The van der Waals surface area contributed by atoms with Crippen LogP contribution in [0.15, 0.2) is 0 Å². The Kier molecular flexibility index (Phi) is 5.38. The van der Waals surface area contributed by atoms with Crippen molar-refractivity contribution >= 4 is 11.9 Å². The first kappa shape index (κ1) is 12.5. The fourth-order valence-electron chi connectivity index (χ4n) is 1.01. The predicted molar refractivity (Wildman–Crippen MR) is 52.3 cm³/mol. The van der Waals surface area contributed by atoms with Gasteiger partial charge in [0.25, 0.3) is 0 Å². The van der Waals surface area contributed by atoms with Gasteiger partial charge >= 0.3 is 5.97 Å². The van der Waals surface area contributed by atoms with Crippen LogP contribution in [-0.4, -0.2) is 37.5 Å². The summed E-state index contributed by atoms with van der Waals surface area (Å²) in [5.74, 6) is 1.44. The summed E-state index contributed by atoms with van der Waals surface area (Å²) < 4.78 is 4.54. The van der Waals surface area contributed by atoms with E-state index >= 15 is 0 Å². The fourth-order valence-corrected chi connectivity index (χ4v) is 1.01. The van der Waals surface area contributed by atoms with Gasteiger partial charge in [0.05, 0.1) is 19.4 Å². The lowest BCUT2D eigenvalue weighted by Gasteiger charge is -2.19. The van der Waals surface area contributed by atoms with E-state index in [1.54, 1.807) is 14.0 Å². The molecule has 0 aliphatic carbocycles. The SMILES string of the molecule is C#CCC(=O)N(C)CC(C)C(=O)OC. The molecular formula is C10H15NO3. The van der Waals surface area contributed by atoms with E-state index in [1.165, 1.54) is 12.0 Å². The third kappa shape index (κ3) is 3.94. The van der Waals surface area contributed by atoms with Crippen LogP contribution in [0, 0.1) is 18.3 Å². The maximum absolute atomic E-state index is 11.2. The summed E-state index contributed by atoms with van der Waals surface area (Å²) in [5.41, 5.74) is 0.